The number of rotatable bonds is 5. The van der Waals surface area contributed by atoms with Gasteiger partial charge in [-0.2, -0.15) is 0 Å². The SMILES string of the molecule is CC(C)CCNC(=O)c1cncc(-c2ccccc2)c1. The van der Waals surface area contributed by atoms with Crippen LogP contribution in [0.2, 0.25) is 0 Å². The Labute approximate surface area is 120 Å². The predicted molar refractivity (Wildman–Crippen MR) is 81.5 cm³/mol. The molecule has 1 N–H and O–H groups in total. The van der Waals surface area contributed by atoms with Gasteiger partial charge in [0, 0.05) is 24.5 Å². The van der Waals surface area contributed by atoms with Gasteiger partial charge in [0.1, 0.15) is 0 Å². The van der Waals surface area contributed by atoms with Crippen molar-refractivity contribution in [3.05, 3.63) is 54.4 Å². The highest BCUT2D eigenvalue weighted by molar-refractivity contribution is 5.95. The number of nitrogens with zero attached hydrogens (tertiary/aromatic N) is 1. The number of nitrogens with one attached hydrogen (secondary N) is 1. The molecule has 2 aromatic rings. The topological polar surface area (TPSA) is 42.0 Å². The number of carbonyl (C=O) groups is 1. The van der Waals surface area contributed by atoms with Crippen molar-refractivity contribution in [2.24, 2.45) is 5.92 Å². The summed E-state index contributed by atoms with van der Waals surface area (Å²) in [6.45, 7) is 4.99. The first-order valence-corrected chi connectivity index (χ1v) is 6.95. The van der Waals surface area contributed by atoms with Gasteiger partial charge >= 0.3 is 0 Å². The smallest absolute Gasteiger partial charge is 0.252 e. The maximum Gasteiger partial charge on any atom is 0.252 e. The summed E-state index contributed by atoms with van der Waals surface area (Å²) in [7, 11) is 0. The average Bonchev–Trinajstić information content (AvgIpc) is 2.48. The number of hydrogen-bond donors (Lipinski definition) is 1. The van der Waals surface area contributed by atoms with Crippen molar-refractivity contribution in [2.75, 3.05) is 6.54 Å². The second-order valence-electron chi connectivity index (χ2n) is 5.27. The molecule has 0 atom stereocenters. The second-order valence-corrected chi connectivity index (χ2v) is 5.27. The Balaban J connectivity index is 2.08. The molecule has 104 valence electrons. The lowest BCUT2D eigenvalue weighted by Crippen LogP contribution is -2.25. The van der Waals surface area contributed by atoms with E-state index in [2.05, 4.69) is 24.1 Å². The minimum Gasteiger partial charge on any atom is -0.352 e. The lowest BCUT2D eigenvalue weighted by atomic mass is 10.1. The second kappa shape index (κ2) is 6.85. The molecule has 0 aliphatic carbocycles. The quantitative estimate of drug-likeness (QED) is 0.901. The van der Waals surface area contributed by atoms with Crippen LogP contribution in [0.15, 0.2) is 48.8 Å². The average molecular weight is 268 g/mol. The van der Waals surface area contributed by atoms with Crippen molar-refractivity contribution >= 4 is 5.91 Å². The van der Waals surface area contributed by atoms with Crippen LogP contribution in [0.25, 0.3) is 11.1 Å². The van der Waals surface area contributed by atoms with E-state index >= 15 is 0 Å². The minimum atomic E-state index is -0.0593. The van der Waals surface area contributed by atoms with E-state index in [0.717, 1.165) is 17.5 Å². The number of hydrogen-bond acceptors (Lipinski definition) is 2. The van der Waals surface area contributed by atoms with Crippen molar-refractivity contribution in [3.8, 4) is 11.1 Å². The van der Waals surface area contributed by atoms with Gasteiger partial charge in [-0.15, -0.1) is 0 Å². The molecule has 1 heterocycles. The van der Waals surface area contributed by atoms with Gasteiger partial charge in [0.05, 0.1) is 5.56 Å². The number of pyridine rings is 1. The normalized spacial score (nSPS) is 10.6. The lowest BCUT2D eigenvalue weighted by molar-refractivity contribution is 0.0951. The molecule has 0 saturated heterocycles. The molecule has 0 aliphatic rings. The number of amides is 1. The van der Waals surface area contributed by atoms with Crippen LogP contribution in [0, 0.1) is 5.92 Å². The third-order valence-electron chi connectivity index (χ3n) is 3.11. The van der Waals surface area contributed by atoms with Gasteiger partial charge in [0.15, 0.2) is 0 Å². The zero-order chi connectivity index (χ0) is 14.4. The molecule has 1 aromatic carbocycles. The fourth-order valence-electron chi connectivity index (χ4n) is 1.93. The van der Waals surface area contributed by atoms with Gasteiger partial charge in [-0.25, -0.2) is 0 Å². The Morgan fingerprint density at radius 3 is 2.60 bits per heavy atom. The van der Waals surface area contributed by atoms with E-state index in [0.29, 0.717) is 18.0 Å². The molecule has 0 bridgehead atoms. The summed E-state index contributed by atoms with van der Waals surface area (Å²) in [4.78, 5) is 16.2. The Morgan fingerprint density at radius 2 is 1.90 bits per heavy atom. The van der Waals surface area contributed by atoms with Gasteiger partial charge in [0.25, 0.3) is 5.91 Å². The molecule has 0 spiro atoms. The molecule has 1 amide bonds. The Bertz CT molecular complexity index is 564. The Morgan fingerprint density at radius 1 is 1.15 bits per heavy atom. The third kappa shape index (κ3) is 3.92. The van der Waals surface area contributed by atoms with E-state index in [1.807, 2.05) is 36.4 Å². The van der Waals surface area contributed by atoms with E-state index < -0.39 is 0 Å². The summed E-state index contributed by atoms with van der Waals surface area (Å²) >= 11 is 0. The molecule has 0 radical (unpaired) electrons. The molecule has 3 heteroatoms. The molecule has 0 fully saturated rings. The van der Waals surface area contributed by atoms with Crippen LogP contribution in [0.1, 0.15) is 30.6 Å². The molecule has 1 aromatic heterocycles. The van der Waals surface area contributed by atoms with Crippen molar-refractivity contribution < 1.29 is 4.79 Å². The maximum absolute atomic E-state index is 12.1. The summed E-state index contributed by atoms with van der Waals surface area (Å²) in [5.41, 5.74) is 2.63. The Hall–Kier alpha value is -2.16. The van der Waals surface area contributed by atoms with Crippen LogP contribution in [0.4, 0.5) is 0 Å². The van der Waals surface area contributed by atoms with Gasteiger partial charge in [-0.3, -0.25) is 9.78 Å². The molecule has 0 aliphatic heterocycles. The van der Waals surface area contributed by atoms with Crippen LogP contribution in [0.5, 0.6) is 0 Å². The highest BCUT2D eigenvalue weighted by Crippen LogP contribution is 2.18. The summed E-state index contributed by atoms with van der Waals surface area (Å²) in [5, 5.41) is 2.93. The van der Waals surface area contributed by atoms with Crippen LogP contribution in [0.3, 0.4) is 0 Å². The van der Waals surface area contributed by atoms with Crippen LogP contribution >= 0.6 is 0 Å². The number of carbonyl (C=O) groups excluding carboxylic acids is 1. The highest BCUT2D eigenvalue weighted by atomic mass is 16.1. The first-order chi connectivity index (χ1) is 9.66. The zero-order valence-corrected chi connectivity index (χ0v) is 12.0. The van der Waals surface area contributed by atoms with E-state index in [4.69, 9.17) is 0 Å². The van der Waals surface area contributed by atoms with E-state index in [9.17, 15) is 4.79 Å². The minimum absolute atomic E-state index is 0.0593. The van der Waals surface area contributed by atoms with E-state index in [1.165, 1.54) is 0 Å². The zero-order valence-electron chi connectivity index (χ0n) is 12.0. The van der Waals surface area contributed by atoms with E-state index in [1.54, 1.807) is 12.4 Å². The lowest BCUT2D eigenvalue weighted by Gasteiger charge is -2.08. The predicted octanol–water partition coefficient (Wildman–Crippen LogP) is 3.52. The third-order valence-corrected chi connectivity index (χ3v) is 3.11. The van der Waals surface area contributed by atoms with Crippen molar-refractivity contribution in [3.63, 3.8) is 0 Å². The highest BCUT2D eigenvalue weighted by Gasteiger charge is 2.07. The summed E-state index contributed by atoms with van der Waals surface area (Å²) in [6.07, 6.45) is 4.37. The van der Waals surface area contributed by atoms with Crippen LogP contribution < -0.4 is 5.32 Å². The van der Waals surface area contributed by atoms with Crippen molar-refractivity contribution in [2.45, 2.75) is 20.3 Å². The molecule has 20 heavy (non-hydrogen) atoms. The molecule has 2 rings (SSSR count). The summed E-state index contributed by atoms with van der Waals surface area (Å²) in [5.74, 6) is 0.528. The standard InChI is InChI=1S/C17H20N2O/c1-13(2)8-9-19-17(20)16-10-15(11-18-12-16)14-6-4-3-5-7-14/h3-7,10-13H,8-9H2,1-2H3,(H,19,20). The maximum atomic E-state index is 12.1. The van der Waals surface area contributed by atoms with Gasteiger partial charge in [-0.1, -0.05) is 44.2 Å². The molecule has 3 nitrogen and oxygen atoms in total. The van der Waals surface area contributed by atoms with Gasteiger partial charge < -0.3 is 5.32 Å². The van der Waals surface area contributed by atoms with Gasteiger partial charge in [-0.05, 0) is 24.0 Å². The molecular weight excluding hydrogens is 248 g/mol. The Kier molecular flexibility index (Phi) is 4.88. The molecule has 0 saturated carbocycles. The van der Waals surface area contributed by atoms with E-state index in [-0.39, 0.29) is 5.91 Å². The van der Waals surface area contributed by atoms with Gasteiger partial charge in [0.2, 0.25) is 0 Å². The fourth-order valence-corrected chi connectivity index (χ4v) is 1.93. The van der Waals surface area contributed by atoms with Crippen LogP contribution in [-0.4, -0.2) is 17.4 Å². The molecule has 0 unspecified atom stereocenters. The number of aromatic nitrogens is 1. The van der Waals surface area contributed by atoms with Crippen LogP contribution in [-0.2, 0) is 0 Å². The largest absolute Gasteiger partial charge is 0.352 e. The van der Waals surface area contributed by atoms with Crippen molar-refractivity contribution in [1.29, 1.82) is 0 Å². The first kappa shape index (κ1) is 14.3. The van der Waals surface area contributed by atoms with Crippen molar-refractivity contribution in [1.82, 2.24) is 10.3 Å². The fraction of sp³-hybridized carbons (Fsp3) is 0.294. The number of benzene rings is 1. The first-order valence-electron chi connectivity index (χ1n) is 6.95. The molecular formula is C17H20N2O. The monoisotopic (exact) mass is 268 g/mol. The summed E-state index contributed by atoms with van der Waals surface area (Å²) in [6, 6.07) is 11.8. The summed E-state index contributed by atoms with van der Waals surface area (Å²) < 4.78 is 0.